The number of ether oxygens (including phenoxy) is 10. The van der Waals surface area contributed by atoms with Crippen LogP contribution in [0.1, 0.15) is 25.5 Å². The van der Waals surface area contributed by atoms with Crippen molar-refractivity contribution in [2.45, 2.75) is 136 Å². The Bertz CT molecular complexity index is 2850. The first-order valence-electron chi connectivity index (χ1n) is 28.9. The van der Waals surface area contributed by atoms with E-state index in [1.54, 1.807) is 0 Å². The lowest BCUT2D eigenvalue weighted by molar-refractivity contribution is -0.363. The molecule has 0 bridgehead atoms. The van der Waals surface area contributed by atoms with Crippen molar-refractivity contribution < 1.29 is 203 Å². The number of phosphoric ester groups is 4. The number of aliphatic hydroxyl groups excluding tert-OH is 14. The van der Waals surface area contributed by atoms with Crippen molar-refractivity contribution in [3.63, 3.8) is 0 Å². The Hall–Kier alpha value is -3.56. The average molecular weight is 1570 g/mol. The number of phosphoric acid groups is 4. The van der Waals surface area contributed by atoms with Crippen molar-refractivity contribution in [1.82, 2.24) is 24.9 Å². The zero-order chi connectivity index (χ0) is 75.7. The summed E-state index contributed by atoms with van der Waals surface area (Å²) >= 11 is 3.48. The summed E-state index contributed by atoms with van der Waals surface area (Å²) in [5.74, 6) is 0. The number of nitrogens with zero attached hydrogens (tertiary/aromatic N) is 1. The molecule has 4 saturated heterocycles. The van der Waals surface area contributed by atoms with Crippen LogP contribution in [-0.2, 0) is 88.0 Å². The lowest BCUT2D eigenvalue weighted by atomic mass is 9.97. The highest BCUT2D eigenvalue weighted by Gasteiger charge is 2.50. The van der Waals surface area contributed by atoms with Crippen LogP contribution < -0.4 is 61.7 Å². The Morgan fingerprint density at radius 3 is 1.31 bits per heavy atom. The van der Waals surface area contributed by atoms with Crippen LogP contribution in [0, 0.1) is 0 Å². The number of aromatic amines is 1. The Morgan fingerprint density at radius 2 is 0.910 bits per heavy atom. The maximum absolute atomic E-state index is 12.5. The molecule has 0 radical (unpaired) electrons. The summed E-state index contributed by atoms with van der Waals surface area (Å²) < 4.78 is 119. The molecule has 1 aromatic heterocycles. The minimum Gasteiger partial charge on any atom is -0.790 e. The molecule has 20 N–H and O–H groups in total. The van der Waals surface area contributed by atoms with Gasteiger partial charge in [0, 0.05) is 51.9 Å². The van der Waals surface area contributed by atoms with Crippen molar-refractivity contribution in [1.29, 1.82) is 0 Å². The molecule has 100 heavy (non-hydrogen) atoms. The summed E-state index contributed by atoms with van der Waals surface area (Å²) in [5.41, 5.74) is 3.48. The van der Waals surface area contributed by atoms with Gasteiger partial charge in [-0.2, -0.15) is 0 Å². The molecule has 55 heteroatoms. The molecule has 586 valence electrons. The second kappa shape index (κ2) is 46.4. The van der Waals surface area contributed by atoms with Crippen LogP contribution >= 0.6 is 44.1 Å². The summed E-state index contributed by atoms with van der Waals surface area (Å²) in [5, 5.41) is 136. The molecule has 12 unspecified atom stereocenters. The smallest absolute Gasteiger partial charge is 0.417 e. The van der Waals surface area contributed by atoms with Gasteiger partial charge in [-0.25, -0.2) is 23.5 Å². The number of carbonyl (C=O) groups excluding carboxylic acids is 3. The Kier molecular flexibility index (Phi) is 42.9. The molecule has 21 atom stereocenters. The molecule has 4 aliphatic heterocycles. The van der Waals surface area contributed by atoms with Crippen LogP contribution in [0.2, 0.25) is 0 Å². The second-order valence-electron chi connectivity index (χ2n) is 20.2. The molecule has 50 nitrogen and oxygen atoms in total. The second-order valence-corrected chi connectivity index (χ2v) is 25.5. The molecule has 4 fully saturated rings. The molecule has 0 aromatic carbocycles. The SMILES string of the molecule is NC1[C@@H](OP(=O)([O-])[O-])OC(CO)[C@H](O)[C@@H]1O.O=C(NC1[C@@H](OP(=O)([O-])OP(=O)([O-])OCC2OC(n3ccc(=O)[nH]c3=O)C(O)C2O)OC(CO)[C@H](O)[C@@H]1O)OCCOCCCO.O=C(NC1[C@@H](OP(=O)([O-])[O-])OC(CO)[C@H](O)[C@@H]1O)OCCOCCCO.O=C(NS)OCCOCCCO. The van der Waals surface area contributed by atoms with Gasteiger partial charge >= 0.3 is 24.0 Å². The van der Waals surface area contributed by atoms with Crippen LogP contribution in [0.25, 0.3) is 0 Å². The van der Waals surface area contributed by atoms with E-state index in [2.05, 4.69) is 40.0 Å². The van der Waals surface area contributed by atoms with Gasteiger partial charge in [-0.1, -0.05) is 12.8 Å². The minimum atomic E-state index is -6.06. The van der Waals surface area contributed by atoms with E-state index in [0.29, 0.717) is 37.0 Å². The van der Waals surface area contributed by atoms with Crippen molar-refractivity contribution in [3.05, 3.63) is 33.1 Å². The highest BCUT2D eigenvalue weighted by Crippen LogP contribution is 2.57. The summed E-state index contributed by atoms with van der Waals surface area (Å²) in [6.45, 7) is -2.94. The van der Waals surface area contributed by atoms with Crippen LogP contribution in [-0.4, -0.2) is 315 Å². The largest absolute Gasteiger partial charge is 0.790 e. The van der Waals surface area contributed by atoms with Gasteiger partial charge in [0.05, 0.1) is 67.9 Å². The molecule has 5 rings (SSSR count). The van der Waals surface area contributed by atoms with E-state index in [-0.39, 0.29) is 66.1 Å². The highest BCUT2D eigenvalue weighted by atomic mass is 32.1. The number of nitrogens with one attached hydrogen (secondary N) is 4. The zero-order valence-corrected chi connectivity index (χ0v) is 56.3. The Labute approximate surface area is 569 Å². The molecule has 0 aliphatic carbocycles. The van der Waals surface area contributed by atoms with Crippen molar-refractivity contribution >= 4 is 62.4 Å². The van der Waals surface area contributed by atoms with Crippen molar-refractivity contribution in [2.75, 3.05) is 106 Å². The zero-order valence-electron chi connectivity index (χ0n) is 51.8. The number of rotatable bonds is 35. The average Bonchev–Trinajstić information content (AvgIpc) is 1.21. The first kappa shape index (κ1) is 92.5. The number of amides is 3. The maximum atomic E-state index is 12.5. The number of aliphatic hydroxyl groups is 14. The predicted octanol–water partition coefficient (Wildman–Crippen LogP) is -14.6. The third-order valence-corrected chi connectivity index (χ3v) is 16.5. The summed E-state index contributed by atoms with van der Waals surface area (Å²) in [4.78, 5) is 127. The van der Waals surface area contributed by atoms with Gasteiger partial charge in [0.25, 0.3) is 21.2 Å². The summed E-state index contributed by atoms with van der Waals surface area (Å²) in [6, 6.07) is -4.12. The first-order valence-corrected chi connectivity index (χ1v) is 35.2. The van der Waals surface area contributed by atoms with Gasteiger partial charge in [-0.05, 0) is 19.3 Å². The quantitative estimate of drug-likeness (QED) is 0.0130. The highest BCUT2D eigenvalue weighted by molar-refractivity contribution is 7.78. The Morgan fingerprint density at radius 1 is 0.520 bits per heavy atom. The summed E-state index contributed by atoms with van der Waals surface area (Å²) in [7, 11) is -22.9. The van der Waals surface area contributed by atoms with Gasteiger partial charge in [0.2, 0.25) is 0 Å². The number of thiol groups is 1. The number of aromatic nitrogens is 2. The normalized spacial score (nSPS) is 30.2. The van der Waals surface area contributed by atoms with E-state index in [9.17, 15) is 118 Å². The molecular weight excluding hydrogens is 1480 g/mol. The number of alkyl carbamates (subject to hydrolysis) is 2. The van der Waals surface area contributed by atoms with E-state index in [1.165, 1.54) is 0 Å². The molecule has 5 heterocycles. The van der Waals surface area contributed by atoms with E-state index in [4.69, 9.17) is 73.9 Å². The standard InChI is InChI=1S/C21H35N3O20P2.C12H24NO12P.C6H14NO8P.C6H13NO4S/c25-4-1-5-38-6-7-39-21(33)23-13-16(30)14(28)10(8-26)42-19(13)43-46(36,37)44-45(34,35)40-9-11-15(29)17(31)18(41-11)24-3-2-12(27)22-20(24)32;14-2-1-3-22-4-5-23-12(18)13-8-10(17)9(16)7(6-15)24-11(8)25-26(19,20)21;7-3-5(10)4(9)2(1-8)14-6(3)15-16(11,12)13;8-2-1-3-10-4-5-11-6(9)7-12/h2-3,10-11,13-19,25-26,28-31H,1,4-9H2,(H,23,33)(H,34,35)(H,36,37)(H,22,27,32);7-11,14-17H,1-6H2,(H,13,18)(H2,19,20,21);2-6,8-10H,1,7H2,(H2,11,12,13);8,12H,1-5H2,(H,7,9)/p-6/t10?,11?,13?,14-,15?,16+,17?,18?,19+;7?,8?,9-,10+,11+;2?,3?,4-,5+,6+;/m000./s1. The molecule has 4 aliphatic rings. The molecular formula is C45H80N6O44P4S-6. The maximum Gasteiger partial charge on any atom is 0.417 e. The number of hydrogen-bond acceptors (Lipinski definition) is 46. The van der Waals surface area contributed by atoms with Gasteiger partial charge < -0.3 is 187 Å². The fourth-order valence-electron chi connectivity index (χ4n) is 8.06. The monoisotopic (exact) mass is 1560 g/mol. The number of carbonyl (C=O) groups is 3. The fraction of sp³-hybridized carbons (Fsp3) is 0.844. The van der Waals surface area contributed by atoms with E-state index >= 15 is 0 Å². The van der Waals surface area contributed by atoms with Crippen LogP contribution in [0.5, 0.6) is 0 Å². The molecule has 3 amide bonds. The molecule has 0 saturated carbocycles. The van der Waals surface area contributed by atoms with Crippen molar-refractivity contribution in [3.8, 4) is 0 Å². The first-order chi connectivity index (χ1) is 46.8. The predicted molar refractivity (Wildman–Crippen MR) is 307 cm³/mol. The number of nitrogens with two attached hydrogens (primary N) is 1. The minimum absolute atomic E-state index is 0.0165. The van der Waals surface area contributed by atoms with E-state index in [0.717, 1.165) is 12.3 Å². The Balaban J connectivity index is 0.000000524. The summed E-state index contributed by atoms with van der Waals surface area (Å²) in [6.07, 6.45) is -28.7. The van der Waals surface area contributed by atoms with E-state index in [1.807, 2.05) is 20.3 Å². The third-order valence-electron chi connectivity index (χ3n) is 12.8. The third kappa shape index (κ3) is 33.7. The lowest BCUT2D eigenvalue weighted by Gasteiger charge is -2.45. The van der Waals surface area contributed by atoms with Crippen LogP contribution in [0.3, 0.4) is 0 Å². The van der Waals surface area contributed by atoms with Crippen LogP contribution in [0.4, 0.5) is 14.4 Å². The van der Waals surface area contributed by atoms with Crippen molar-refractivity contribution in [2.24, 2.45) is 5.73 Å². The number of hydrogen-bond donors (Lipinski definition) is 20. The topological polar surface area (TPSA) is 796 Å². The molecule has 1 aromatic rings. The van der Waals surface area contributed by atoms with Gasteiger partial charge in [0.15, 0.2) is 25.1 Å². The van der Waals surface area contributed by atoms with Crippen LogP contribution in [0.15, 0.2) is 21.9 Å². The van der Waals surface area contributed by atoms with Gasteiger partial charge in [-0.15, -0.1) is 0 Å². The van der Waals surface area contributed by atoms with E-state index < -0.39 is 204 Å². The van der Waals surface area contributed by atoms with Gasteiger partial charge in [0.1, 0.15) is 105 Å². The number of H-pyrrole nitrogens is 1. The fourth-order valence-corrected chi connectivity index (χ4v) is 11.1. The van der Waals surface area contributed by atoms with Gasteiger partial charge in [-0.3, -0.25) is 32.7 Å². The molecule has 0 spiro atoms. The lowest BCUT2D eigenvalue weighted by Crippen LogP contribution is -2.64.